The first-order valence-corrected chi connectivity index (χ1v) is 6.21. The van der Waals surface area contributed by atoms with E-state index in [0.29, 0.717) is 5.75 Å². The summed E-state index contributed by atoms with van der Waals surface area (Å²) in [6, 6.07) is 9.52. The van der Waals surface area contributed by atoms with Gasteiger partial charge in [0.15, 0.2) is 0 Å². The molecule has 0 aliphatic heterocycles. The molecule has 0 radical (unpaired) electrons. The Labute approximate surface area is 80.1 Å². The van der Waals surface area contributed by atoms with Crippen LogP contribution in [-0.4, -0.2) is 15.8 Å². The molecule has 0 heterocycles. The lowest BCUT2D eigenvalue weighted by molar-refractivity contribution is 0.683. The van der Waals surface area contributed by atoms with Gasteiger partial charge in [0.25, 0.3) is 0 Å². The predicted molar refractivity (Wildman–Crippen MR) is 60.5 cm³/mol. The Kier molecular flexibility index (Phi) is 3.37. The van der Waals surface area contributed by atoms with E-state index >= 15 is 0 Å². The van der Waals surface area contributed by atoms with Crippen LogP contribution in [0.4, 0.5) is 5.69 Å². The smallest absolute Gasteiger partial charge is 0.0456 e. The minimum absolute atomic E-state index is 0.613. The molecule has 0 saturated heterocycles. The first kappa shape index (κ1) is 10.1. The van der Waals surface area contributed by atoms with Gasteiger partial charge in [0.1, 0.15) is 0 Å². The Morgan fingerprint density at radius 1 is 1.38 bits per heavy atom. The fourth-order valence-electron chi connectivity index (χ4n) is 1.10. The first-order valence-electron chi connectivity index (χ1n) is 4.32. The maximum atomic E-state index is 11.7. The third-order valence-corrected chi connectivity index (χ3v) is 3.29. The van der Waals surface area contributed by atoms with Crippen molar-refractivity contribution >= 4 is 21.3 Å². The molecule has 0 spiro atoms. The van der Waals surface area contributed by atoms with Gasteiger partial charge in [0, 0.05) is 21.1 Å². The minimum atomic E-state index is -2.13. The second kappa shape index (κ2) is 4.33. The Morgan fingerprint density at radius 2 is 2.00 bits per heavy atom. The van der Waals surface area contributed by atoms with Crippen molar-refractivity contribution in [3.63, 3.8) is 0 Å². The lowest BCUT2D eigenvalue weighted by Gasteiger charge is -2.10. The van der Waals surface area contributed by atoms with Crippen molar-refractivity contribution in [1.29, 1.82) is 0 Å². The van der Waals surface area contributed by atoms with Crippen LogP contribution in [0, 0.1) is 0 Å². The van der Waals surface area contributed by atoms with Crippen LogP contribution in [0.2, 0.25) is 0 Å². The molecule has 0 bridgehead atoms. The zero-order valence-electron chi connectivity index (χ0n) is 7.82. The monoisotopic (exact) mass is 197 g/mol. The van der Waals surface area contributed by atoms with Crippen molar-refractivity contribution in [3.05, 3.63) is 30.3 Å². The Morgan fingerprint density at radius 3 is 2.54 bits per heavy atom. The van der Waals surface area contributed by atoms with Gasteiger partial charge in [-0.2, -0.15) is 0 Å². The summed E-state index contributed by atoms with van der Waals surface area (Å²) in [4.78, 5) is 0. The third kappa shape index (κ3) is 3.51. The largest absolute Gasteiger partial charge is 0.313 e. The highest BCUT2D eigenvalue weighted by molar-refractivity contribution is 8.01. The summed E-state index contributed by atoms with van der Waals surface area (Å²) >= 11 is 0. The van der Waals surface area contributed by atoms with Crippen molar-refractivity contribution in [2.45, 2.75) is 13.3 Å². The van der Waals surface area contributed by atoms with E-state index < -0.39 is 9.71 Å². The molecule has 13 heavy (non-hydrogen) atoms. The SMILES string of the molecule is C=S(=O)(CCC)Nc1ccccc1. The molecule has 1 rings (SSSR count). The number of hydrogen-bond donors (Lipinski definition) is 1. The second-order valence-corrected chi connectivity index (χ2v) is 5.22. The third-order valence-electron chi connectivity index (χ3n) is 1.61. The molecule has 2 nitrogen and oxygen atoms in total. The van der Waals surface area contributed by atoms with Gasteiger partial charge < -0.3 is 4.72 Å². The molecule has 1 aromatic rings. The highest BCUT2D eigenvalue weighted by atomic mass is 32.2. The van der Waals surface area contributed by atoms with Crippen LogP contribution in [0.25, 0.3) is 0 Å². The fraction of sp³-hybridized carbons (Fsp3) is 0.300. The van der Waals surface area contributed by atoms with Crippen molar-refractivity contribution in [2.75, 3.05) is 10.5 Å². The molecule has 0 aliphatic rings. The fourth-order valence-corrected chi connectivity index (χ4v) is 2.43. The van der Waals surface area contributed by atoms with Crippen molar-refractivity contribution < 1.29 is 4.21 Å². The van der Waals surface area contributed by atoms with E-state index in [1.54, 1.807) is 0 Å². The molecule has 1 unspecified atom stereocenters. The topological polar surface area (TPSA) is 29.1 Å². The number of benzene rings is 1. The lowest BCUT2D eigenvalue weighted by atomic mass is 10.3. The number of para-hydroxylation sites is 1. The molecule has 0 aromatic heterocycles. The van der Waals surface area contributed by atoms with Gasteiger partial charge in [-0.1, -0.05) is 25.1 Å². The Balaban J connectivity index is 2.70. The number of rotatable bonds is 4. The van der Waals surface area contributed by atoms with E-state index in [1.165, 1.54) is 0 Å². The average Bonchev–Trinajstić information content (AvgIpc) is 2.04. The molecule has 3 heteroatoms. The maximum Gasteiger partial charge on any atom is 0.0456 e. The maximum absolute atomic E-state index is 11.7. The van der Waals surface area contributed by atoms with Crippen LogP contribution in [0.15, 0.2) is 30.3 Å². The summed E-state index contributed by atoms with van der Waals surface area (Å²) in [5.74, 6) is 4.28. The van der Waals surface area contributed by atoms with Gasteiger partial charge in [-0.15, -0.1) is 0 Å². The average molecular weight is 197 g/mol. The van der Waals surface area contributed by atoms with Crippen LogP contribution >= 0.6 is 0 Å². The molecule has 0 aliphatic carbocycles. The van der Waals surface area contributed by atoms with Gasteiger partial charge in [-0.25, -0.2) is 4.21 Å². The molecular weight excluding hydrogens is 182 g/mol. The normalized spacial score (nSPS) is 14.8. The molecule has 1 aromatic carbocycles. The lowest BCUT2D eigenvalue weighted by Crippen LogP contribution is -2.15. The first-order chi connectivity index (χ1) is 6.14. The van der Waals surface area contributed by atoms with E-state index in [9.17, 15) is 4.21 Å². The van der Waals surface area contributed by atoms with Crippen LogP contribution in [0.5, 0.6) is 0 Å². The minimum Gasteiger partial charge on any atom is -0.313 e. The van der Waals surface area contributed by atoms with E-state index in [1.807, 2.05) is 37.3 Å². The quantitative estimate of drug-likeness (QED) is 0.736. The second-order valence-electron chi connectivity index (χ2n) is 2.98. The van der Waals surface area contributed by atoms with E-state index in [2.05, 4.69) is 10.6 Å². The Hall–Kier alpha value is -0.960. The van der Waals surface area contributed by atoms with Gasteiger partial charge >= 0.3 is 0 Å². The van der Waals surface area contributed by atoms with Gasteiger partial charge in [0.05, 0.1) is 0 Å². The zero-order valence-corrected chi connectivity index (χ0v) is 8.64. The molecule has 1 N–H and O–H groups in total. The number of hydrogen-bond acceptors (Lipinski definition) is 1. The van der Waals surface area contributed by atoms with Gasteiger partial charge in [-0.05, 0) is 24.4 Å². The number of anilines is 1. The molecule has 0 fully saturated rings. The van der Waals surface area contributed by atoms with Gasteiger partial charge in [-0.3, -0.25) is 0 Å². The molecular formula is C10H15NOS. The zero-order chi connectivity index (χ0) is 9.73. The molecule has 0 amide bonds. The molecule has 72 valence electrons. The predicted octanol–water partition coefficient (Wildman–Crippen LogP) is 2.14. The van der Waals surface area contributed by atoms with E-state index in [0.717, 1.165) is 12.1 Å². The van der Waals surface area contributed by atoms with Crippen LogP contribution in [0.1, 0.15) is 13.3 Å². The summed E-state index contributed by atoms with van der Waals surface area (Å²) in [6.45, 7) is 2.00. The highest BCUT2D eigenvalue weighted by Gasteiger charge is 2.00. The van der Waals surface area contributed by atoms with E-state index in [-0.39, 0.29) is 0 Å². The standard InChI is InChI=1S/C10H15NOS/c1-3-9-13(2,12)11-10-7-5-4-6-8-10/h4-8H,2-3,9H2,1H3,(H,11,12). The van der Waals surface area contributed by atoms with Crippen LogP contribution in [0.3, 0.4) is 0 Å². The summed E-state index contributed by atoms with van der Waals surface area (Å²) in [6.07, 6.45) is 0.877. The molecule has 0 saturated carbocycles. The van der Waals surface area contributed by atoms with E-state index in [4.69, 9.17) is 0 Å². The summed E-state index contributed by atoms with van der Waals surface area (Å²) in [5.41, 5.74) is 0.871. The number of nitrogens with one attached hydrogen (secondary N) is 1. The Bertz CT molecular complexity index is 342. The summed E-state index contributed by atoms with van der Waals surface area (Å²) < 4.78 is 14.7. The van der Waals surface area contributed by atoms with Crippen molar-refractivity contribution in [2.24, 2.45) is 0 Å². The summed E-state index contributed by atoms with van der Waals surface area (Å²) in [7, 11) is -2.13. The van der Waals surface area contributed by atoms with Crippen molar-refractivity contribution in [3.8, 4) is 0 Å². The highest BCUT2D eigenvalue weighted by Crippen LogP contribution is 2.08. The summed E-state index contributed by atoms with van der Waals surface area (Å²) in [5, 5.41) is 0. The van der Waals surface area contributed by atoms with Gasteiger partial charge in [0.2, 0.25) is 0 Å². The van der Waals surface area contributed by atoms with Crippen molar-refractivity contribution in [1.82, 2.24) is 0 Å². The molecule has 1 atom stereocenters. The van der Waals surface area contributed by atoms with Crippen LogP contribution < -0.4 is 4.72 Å². The van der Waals surface area contributed by atoms with Crippen LogP contribution in [-0.2, 0) is 9.71 Å².